The van der Waals surface area contributed by atoms with Crippen molar-refractivity contribution in [2.75, 3.05) is 13.2 Å². The van der Waals surface area contributed by atoms with Gasteiger partial charge in [-0.2, -0.15) is 0 Å². The number of hydrogen-bond acceptors (Lipinski definition) is 3. The van der Waals surface area contributed by atoms with Gasteiger partial charge in [0.25, 0.3) is 0 Å². The Kier molecular flexibility index (Phi) is 3.68. The minimum Gasteiger partial charge on any atom is -0.481 e. The normalized spacial score (nSPS) is 23.6. The number of carboxylic acids is 1. The number of likely N-dealkylation sites (tertiary alicyclic amines) is 1. The van der Waals surface area contributed by atoms with Gasteiger partial charge in [0.15, 0.2) is 0 Å². The Bertz CT molecular complexity index is 264. The Morgan fingerprint density at radius 2 is 2.20 bits per heavy atom. The average molecular weight is 215 g/mol. The van der Waals surface area contributed by atoms with Crippen molar-refractivity contribution < 1.29 is 19.8 Å². The predicted octanol–water partition coefficient (Wildman–Crippen LogP) is -0.0636. The summed E-state index contributed by atoms with van der Waals surface area (Å²) in [7, 11) is 0. The Hall–Kier alpha value is -1.10. The molecular formula is C10H17NO4. The van der Waals surface area contributed by atoms with Gasteiger partial charge < -0.3 is 15.1 Å². The van der Waals surface area contributed by atoms with Crippen molar-refractivity contribution in [1.82, 2.24) is 4.90 Å². The largest absolute Gasteiger partial charge is 0.481 e. The van der Waals surface area contributed by atoms with Crippen molar-refractivity contribution in [1.29, 1.82) is 0 Å². The van der Waals surface area contributed by atoms with Gasteiger partial charge in [0.1, 0.15) is 0 Å². The first-order valence-corrected chi connectivity index (χ1v) is 5.10. The molecule has 1 saturated heterocycles. The SMILES string of the molecule is CC(C)[C@@H](CO)N1CC(C(=O)O)CC1=O. The van der Waals surface area contributed by atoms with E-state index in [-0.39, 0.29) is 37.4 Å². The summed E-state index contributed by atoms with van der Waals surface area (Å²) in [5.74, 6) is -1.60. The van der Waals surface area contributed by atoms with Gasteiger partial charge in [-0.25, -0.2) is 0 Å². The van der Waals surface area contributed by atoms with E-state index in [1.165, 1.54) is 4.90 Å². The first kappa shape index (κ1) is 12.0. The van der Waals surface area contributed by atoms with Gasteiger partial charge in [-0.15, -0.1) is 0 Å². The smallest absolute Gasteiger partial charge is 0.308 e. The standard InChI is InChI=1S/C10H17NO4/c1-6(2)8(5-12)11-4-7(10(14)15)3-9(11)13/h6-8,12H,3-5H2,1-2H3,(H,14,15)/t7?,8-/m1/s1. The molecule has 0 bridgehead atoms. The number of aliphatic hydroxyl groups is 1. The lowest BCUT2D eigenvalue weighted by Crippen LogP contribution is -2.42. The third-order valence-corrected chi connectivity index (χ3v) is 2.86. The number of rotatable bonds is 4. The highest BCUT2D eigenvalue weighted by molar-refractivity contribution is 5.86. The van der Waals surface area contributed by atoms with E-state index in [4.69, 9.17) is 10.2 Å². The molecule has 1 fully saturated rings. The van der Waals surface area contributed by atoms with Crippen molar-refractivity contribution in [2.45, 2.75) is 26.3 Å². The van der Waals surface area contributed by atoms with Crippen LogP contribution in [0.5, 0.6) is 0 Å². The van der Waals surface area contributed by atoms with E-state index in [0.717, 1.165) is 0 Å². The molecule has 2 N–H and O–H groups in total. The quantitative estimate of drug-likeness (QED) is 0.688. The first-order chi connectivity index (χ1) is 6.97. The molecule has 1 aliphatic rings. The van der Waals surface area contributed by atoms with Gasteiger partial charge in [-0.3, -0.25) is 9.59 Å². The minimum absolute atomic E-state index is 0.0541. The maximum absolute atomic E-state index is 11.5. The lowest BCUT2D eigenvalue weighted by atomic mass is 10.0. The molecule has 0 spiro atoms. The molecule has 1 aliphatic heterocycles. The predicted molar refractivity (Wildman–Crippen MR) is 53.2 cm³/mol. The average Bonchev–Trinajstić information content (AvgIpc) is 2.49. The van der Waals surface area contributed by atoms with Crippen LogP contribution >= 0.6 is 0 Å². The highest BCUT2D eigenvalue weighted by Gasteiger charge is 2.38. The summed E-state index contributed by atoms with van der Waals surface area (Å²) in [5, 5.41) is 18.0. The lowest BCUT2D eigenvalue weighted by molar-refractivity contribution is -0.141. The number of aliphatic hydroxyl groups excluding tert-OH is 1. The zero-order valence-corrected chi connectivity index (χ0v) is 9.01. The molecule has 1 amide bonds. The lowest BCUT2D eigenvalue weighted by Gasteiger charge is -2.29. The molecule has 0 aromatic rings. The number of hydrogen-bond donors (Lipinski definition) is 2. The van der Waals surface area contributed by atoms with Gasteiger partial charge in [-0.05, 0) is 5.92 Å². The molecule has 5 heteroatoms. The molecule has 5 nitrogen and oxygen atoms in total. The van der Waals surface area contributed by atoms with E-state index >= 15 is 0 Å². The van der Waals surface area contributed by atoms with Crippen molar-refractivity contribution >= 4 is 11.9 Å². The molecular weight excluding hydrogens is 198 g/mol. The number of carbonyl (C=O) groups excluding carboxylic acids is 1. The van der Waals surface area contributed by atoms with E-state index < -0.39 is 11.9 Å². The Labute approximate surface area is 88.7 Å². The maximum atomic E-state index is 11.5. The number of amides is 1. The van der Waals surface area contributed by atoms with Gasteiger partial charge in [0.2, 0.25) is 5.91 Å². The number of aliphatic carboxylic acids is 1. The second-order valence-corrected chi connectivity index (χ2v) is 4.28. The van der Waals surface area contributed by atoms with Gasteiger partial charge in [0, 0.05) is 13.0 Å². The van der Waals surface area contributed by atoms with Crippen LogP contribution in [0, 0.1) is 11.8 Å². The minimum atomic E-state index is -0.939. The van der Waals surface area contributed by atoms with Crippen molar-refractivity contribution in [3.63, 3.8) is 0 Å². The van der Waals surface area contributed by atoms with E-state index in [2.05, 4.69) is 0 Å². The molecule has 0 saturated carbocycles. The van der Waals surface area contributed by atoms with Crippen LogP contribution in [-0.2, 0) is 9.59 Å². The Morgan fingerprint density at radius 1 is 1.60 bits per heavy atom. The molecule has 1 heterocycles. The molecule has 1 unspecified atom stereocenters. The topological polar surface area (TPSA) is 77.8 Å². The maximum Gasteiger partial charge on any atom is 0.308 e. The molecule has 2 atom stereocenters. The third kappa shape index (κ3) is 2.47. The van der Waals surface area contributed by atoms with Crippen LogP contribution in [0.3, 0.4) is 0 Å². The summed E-state index contributed by atoms with van der Waals surface area (Å²) in [6.45, 7) is 3.91. The van der Waals surface area contributed by atoms with Crippen LogP contribution in [0.1, 0.15) is 20.3 Å². The monoisotopic (exact) mass is 215 g/mol. The molecule has 86 valence electrons. The van der Waals surface area contributed by atoms with Crippen molar-refractivity contribution in [2.24, 2.45) is 11.8 Å². The summed E-state index contributed by atoms with van der Waals surface area (Å²) >= 11 is 0. The zero-order valence-electron chi connectivity index (χ0n) is 9.01. The van der Waals surface area contributed by atoms with E-state index in [9.17, 15) is 9.59 Å². The summed E-state index contributed by atoms with van der Waals surface area (Å²) in [5.41, 5.74) is 0. The summed E-state index contributed by atoms with van der Waals surface area (Å²) in [6, 6.07) is -0.262. The van der Waals surface area contributed by atoms with Crippen LogP contribution < -0.4 is 0 Å². The van der Waals surface area contributed by atoms with Gasteiger partial charge >= 0.3 is 5.97 Å². The molecule has 0 aromatic heterocycles. The first-order valence-electron chi connectivity index (χ1n) is 5.10. The van der Waals surface area contributed by atoms with Crippen LogP contribution in [-0.4, -0.2) is 46.2 Å². The third-order valence-electron chi connectivity index (χ3n) is 2.86. The van der Waals surface area contributed by atoms with Crippen LogP contribution in [0.2, 0.25) is 0 Å². The fourth-order valence-electron chi connectivity index (χ4n) is 1.89. The number of carboxylic acid groups (broad SMARTS) is 1. The van der Waals surface area contributed by atoms with Gasteiger partial charge in [0.05, 0.1) is 18.6 Å². The Morgan fingerprint density at radius 3 is 2.53 bits per heavy atom. The second-order valence-electron chi connectivity index (χ2n) is 4.28. The van der Waals surface area contributed by atoms with E-state index in [1.54, 1.807) is 0 Å². The highest BCUT2D eigenvalue weighted by atomic mass is 16.4. The molecule has 0 aromatic carbocycles. The summed E-state index contributed by atoms with van der Waals surface area (Å²) < 4.78 is 0. The van der Waals surface area contributed by atoms with Crippen LogP contribution in [0.4, 0.5) is 0 Å². The summed E-state index contributed by atoms with van der Waals surface area (Å²) in [6.07, 6.45) is 0.0541. The van der Waals surface area contributed by atoms with Crippen molar-refractivity contribution in [3.05, 3.63) is 0 Å². The van der Waals surface area contributed by atoms with E-state index in [0.29, 0.717) is 0 Å². The van der Waals surface area contributed by atoms with Crippen molar-refractivity contribution in [3.8, 4) is 0 Å². The molecule has 1 rings (SSSR count). The molecule has 0 aliphatic carbocycles. The van der Waals surface area contributed by atoms with Crippen LogP contribution in [0.25, 0.3) is 0 Å². The zero-order chi connectivity index (χ0) is 11.6. The Balaban J connectivity index is 2.71. The fraction of sp³-hybridized carbons (Fsp3) is 0.800. The molecule has 15 heavy (non-hydrogen) atoms. The van der Waals surface area contributed by atoms with Crippen LogP contribution in [0.15, 0.2) is 0 Å². The van der Waals surface area contributed by atoms with E-state index in [1.807, 2.05) is 13.8 Å². The van der Waals surface area contributed by atoms with Gasteiger partial charge in [-0.1, -0.05) is 13.8 Å². The summed E-state index contributed by atoms with van der Waals surface area (Å²) in [4.78, 5) is 23.8. The fourth-order valence-corrected chi connectivity index (χ4v) is 1.89. The highest BCUT2D eigenvalue weighted by Crippen LogP contribution is 2.23. The number of nitrogens with zero attached hydrogens (tertiary/aromatic N) is 1. The number of carbonyl (C=O) groups is 2. The molecule has 0 radical (unpaired) electrons. The second kappa shape index (κ2) is 4.61.